The standard InChI is InChI=1S/C12H14BrClN2O/c1-7-4-5-15-11(7)12(17)16-8-2-3-10(14)9(13)6-8/h2-3,6-7,11,15H,4-5H2,1H3,(H,16,17). The molecular formula is C12H14BrClN2O. The summed E-state index contributed by atoms with van der Waals surface area (Å²) >= 11 is 9.23. The van der Waals surface area contributed by atoms with E-state index >= 15 is 0 Å². The van der Waals surface area contributed by atoms with Crippen molar-refractivity contribution in [3.8, 4) is 0 Å². The molecule has 1 aromatic rings. The average Bonchev–Trinajstić information content (AvgIpc) is 2.70. The number of carbonyl (C=O) groups excluding carboxylic acids is 1. The van der Waals surface area contributed by atoms with E-state index in [1.54, 1.807) is 18.2 Å². The van der Waals surface area contributed by atoms with E-state index in [4.69, 9.17) is 11.6 Å². The Kier molecular flexibility index (Phi) is 4.07. The molecule has 1 amide bonds. The second-order valence-corrected chi connectivity index (χ2v) is 5.58. The molecule has 2 N–H and O–H groups in total. The van der Waals surface area contributed by atoms with Crippen LogP contribution in [0.2, 0.25) is 5.02 Å². The Morgan fingerprint density at radius 3 is 2.94 bits per heavy atom. The predicted molar refractivity (Wildman–Crippen MR) is 73.4 cm³/mol. The fraction of sp³-hybridized carbons (Fsp3) is 0.417. The molecule has 3 nitrogen and oxygen atoms in total. The molecule has 1 fully saturated rings. The number of amides is 1. The minimum atomic E-state index is -0.0931. The lowest BCUT2D eigenvalue weighted by atomic mass is 10.0. The summed E-state index contributed by atoms with van der Waals surface area (Å²) in [7, 11) is 0. The summed E-state index contributed by atoms with van der Waals surface area (Å²) in [6, 6.07) is 5.27. The highest BCUT2D eigenvalue weighted by molar-refractivity contribution is 9.10. The fourth-order valence-corrected chi connectivity index (χ4v) is 2.48. The van der Waals surface area contributed by atoms with Crippen molar-refractivity contribution in [3.05, 3.63) is 27.7 Å². The molecule has 5 heteroatoms. The molecule has 2 rings (SSSR count). The van der Waals surface area contributed by atoms with E-state index in [-0.39, 0.29) is 11.9 Å². The Bertz CT molecular complexity index is 439. The maximum atomic E-state index is 12.0. The van der Waals surface area contributed by atoms with Gasteiger partial charge in [-0.05, 0) is 53.0 Å². The van der Waals surface area contributed by atoms with Crippen molar-refractivity contribution in [2.45, 2.75) is 19.4 Å². The van der Waals surface area contributed by atoms with Gasteiger partial charge in [-0.3, -0.25) is 4.79 Å². The van der Waals surface area contributed by atoms with Crippen molar-refractivity contribution in [2.75, 3.05) is 11.9 Å². The first-order chi connectivity index (χ1) is 8.08. The SMILES string of the molecule is CC1CCNC1C(=O)Nc1ccc(Cl)c(Br)c1. The first-order valence-corrected chi connectivity index (χ1v) is 6.74. The minimum Gasteiger partial charge on any atom is -0.325 e. The molecule has 0 aliphatic carbocycles. The molecule has 1 saturated heterocycles. The highest BCUT2D eigenvalue weighted by Crippen LogP contribution is 2.26. The Hall–Kier alpha value is -0.580. The van der Waals surface area contributed by atoms with Gasteiger partial charge < -0.3 is 10.6 Å². The van der Waals surface area contributed by atoms with Crippen LogP contribution in [-0.2, 0) is 4.79 Å². The molecule has 1 aromatic carbocycles. The molecule has 0 saturated carbocycles. The van der Waals surface area contributed by atoms with Crippen molar-refractivity contribution >= 4 is 39.1 Å². The number of rotatable bonds is 2. The Balaban J connectivity index is 2.05. The van der Waals surface area contributed by atoms with Crippen molar-refractivity contribution < 1.29 is 4.79 Å². The topological polar surface area (TPSA) is 41.1 Å². The molecule has 1 aliphatic rings. The lowest BCUT2D eigenvalue weighted by Gasteiger charge is -2.15. The maximum Gasteiger partial charge on any atom is 0.241 e. The summed E-state index contributed by atoms with van der Waals surface area (Å²) in [5.74, 6) is 0.398. The van der Waals surface area contributed by atoms with Crippen molar-refractivity contribution in [2.24, 2.45) is 5.92 Å². The number of hydrogen-bond acceptors (Lipinski definition) is 2. The van der Waals surface area contributed by atoms with Crippen LogP contribution in [0.5, 0.6) is 0 Å². The molecule has 0 radical (unpaired) electrons. The van der Waals surface area contributed by atoms with Gasteiger partial charge in [0.25, 0.3) is 0 Å². The molecule has 17 heavy (non-hydrogen) atoms. The van der Waals surface area contributed by atoms with Crippen molar-refractivity contribution in [1.82, 2.24) is 5.32 Å². The Labute approximate surface area is 114 Å². The molecule has 0 aromatic heterocycles. The highest BCUT2D eigenvalue weighted by atomic mass is 79.9. The molecule has 92 valence electrons. The van der Waals surface area contributed by atoms with Gasteiger partial charge in [-0.15, -0.1) is 0 Å². The summed E-state index contributed by atoms with van der Waals surface area (Å²) < 4.78 is 0.782. The summed E-state index contributed by atoms with van der Waals surface area (Å²) in [5.41, 5.74) is 0.757. The normalized spacial score (nSPS) is 23.7. The molecule has 0 spiro atoms. The van der Waals surface area contributed by atoms with Crippen LogP contribution in [-0.4, -0.2) is 18.5 Å². The molecule has 1 aliphatic heterocycles. The zero-order chi connectivity index (χ0) is 12.4. The van der Waals surface area contributed by atoms with Crippen molar-refractivity contribution in [3.63, 3.8) is 0 Å². The summed E-state index contributed by atoms with van der Waals surface area (Å²) in [6.45, 7) is 2.99. The lowest BCUT2D eigenvalue weighted by Crippen LogP contribution is -2.39. The number of halogens is 2. The van der Waals surface area contributed by atoms with E-state index in [0.29, 0.717) is 10.9 Å². The monoisotopic (exact) mass is 316 g/mol. The molecule has 2 unspecified atom stereocenters. The van der Waals surface area contributed by atoms with Gasteiger partial charge in [0.2, 0.25) is 5.91 Å². The fourth-order valence-electron chi connectivity index (χ4n) is 1.98. The zero-order valence-corrected chi connectivity index (χ0v) is 11.8. The molecule has 1 heterocycles. The van der Waals surface area contributed by atoms with Gasteiger partial charge in [-0.25, -0.2) is 0 Å². The van der Waals surface area contributed by atoms with E-state index in [1.807, 2.05) is 0 Å². The Morgan fingerprint density at radius 2 is 2.35 bits per heavy atom. The largest absolute Gasteiger partial charge is 0.325 e. The van der Waals surface area contributed by atoms with Crippen LogP contribution in [0.4, 0.5) is 5.69 Å². The third-order valence-corrected chi connectivity index (χ3v) is 4.22. The maximum absolute atomic E-state index is 12.0. The molecule has 2 atom stereocenters. The van der Waals surface area contributed by atoms with E-state index in [9.17, 15) is 4.79 Å². The third-order valence-electron chi connectivity index (χ3n) is 3.00. The quantitative estimate of drug-likeness (QED) is 0.880. The van der Waals surface area contributed by atoms with Crippen LogP contribution < -0.4 is 10.6 Å². The number of anilines is 1. The smallest absolute Gasteiger partial charge is 0.241 e. The number of nitrogens with one attached hydrogen (secondary N) is 2. The summed E-state index contributed by atoms with van der Waals surface area (Å²) in [6.07, 6.45) is 1.04. The van der Waals surface area contributed by atoms with Crippen LogP contribution >= 0.6 is 27.5 Å². The Morgan fingerprint density at radius 1 is 1.59 bits per heavy atom. The van der Waals surface area contributed by atoms with Crippen LogP contribution in [0.15, 0.2) is 22.7 Å². The number of benzene rings is 1. The first-order valence-electron chi connectivity index (χ1n) is 5.57. The second kappa shape index (κ2) is 5.38. The van der Waals surface area contributed by atoms with E-state index in [2.05, 4.69) is 33.5 Å². The average molecular weight is 318 g/mol. The van der Waals surface area contributed by atoms with Gasteiger partial charge >= 0.3 is 0 Å². The van der Waals surface area contributed by atoms with E-state index < -0.39 is 0 Å². The lowest BCUT2D eigenvalue weighted by molar-refractivity contribution is -0.118. The van der Waals surface area contributed by atoms with Gasteiger partial charge in [0.1, 0.15) is 0 Å². The first kappa shape index (κ1) is 12.9. The second-order valence-electron chi connectivity index (χ2n) is 4.32. The van der Waals surface area contributed by atoms with Gasteiger partial charge in [0.15, 0.2) is 0 Å². The van der Waals surface area contributed by atoms with Crippen molar-refractivity contribution in [1.29, 1.82) is 0 Å². The minimum absolute atomic E-state index is 0.0178. The highest BCUT2D eigenvalue weighted by Gasteiger charge is 2.29. The number of carbonyl (C=O) groups is 1. The van der Waals surface area contributed by atoms with Gasteiger partial charge in [-0.1, -0.05) is 18.5 Å². The van der Waals surface area contributed by atoms with Crippen LogP contribution in [0, 0.1) is 5.92 Å². The summed E-state index contributed by atoms with van der Waals surface area (Å²) in [4.78, 5) is 12.0. The third kappa shape index (κ3) is 3.00. The van der Waals surface area contributed by atoms with E-state index in [0.717, 1.165) is 23.1 Å². The van der Waals surface area contributed by atoms with Gasteiger partial charge in [0.05, 0.1) is 11.1 Å². The van der Waals surface area contributed by atoms with Gasteiger partial charge in [0, 0.05) is 10.2 Å². The van der Waals surface area contributed by atoms with Gasteiger partial charge in [-0.2, -0.15) is 0 Å². The molecule has 0 bridgehead atoms. The predicted octanol–water partition coefficient (Wildman–Crippen LogP) is 3.04. The zero-order valence-electron chi connectivity index (χ0n) is 9.47. The summed E-state index contributed by atoms with van der Waals surface area (Å²) in [5, 5.41) is 6.73. The van der Waals surface area contributed by atoms with Crippen LogP contribution in [0.3, 0.4) is 0 Å². The molecular weight excluding hydrogens is 304 g/mol. The van der Waals surface area contributed by atoms with Crippen LogP contribution in [0.1, 0.15) is 13.3 Å². The van der Waals surface area contributed by atoms with E-state index in [1.165, 1.54) is 0 Å². The number of hydrogen-bond donors (Lipinski definition) is 2. The van der Waals surface area contributed by atoms with Crippen LogP contribution in [0.25, 0.3) is 0 Å².